The van der Waals surface area contributed by atoms with Crippen molar-refractivity contribution in [3.8, 4) is 11.9 Å². The fourth-order valence-corrected chi connectivity index (χ4v) is 3.50. The van der Waals surface area contributed by atoms with Gasteiger partial charge in [0.1, 0.15) is 23.7 Å². The van der Waals surface area contributed by atoms with Crippen molar-refractivity contribution in [2.75, 3.05) is 11.9 Å². The number of amides is 1. The number of pyridine rings is 2. The summed E-state index contributed by atoms with van der Waals surface area (Å²) in [7, 11) is 16.3. The number of rotatable bonds is 9. The highest BCUT2D eigenvalue weighted by atomic mass is 19.1. The summed E-state index contributed by atoms with van der Waals surface area (Å²) in [5.74, 6) is -0.0145. The predicted molar refractivity (Wildman–Crippen MR) is 135 cm³/mol. The van der Waals surface area contributed by atoms with Crippen LogP contribution in [0.25, 0.3) is 16.9 Å². The van der Waals surface area contributed by atoms with Crippen LogP contribution in [-0.2, 0) is 4.74 Å². The molecule has 3 aromatic rings. The largest absolute Gasteiger partial charge is 0.394 e. The van der Waals surface area contributed by atoms with Crippen LogP contribution in [-0.4, -0.2) is 73.6 Å². The van der Waals surface area contributed by atoms with Gasteiger partial charge in [0.25, 0.3) is 5.91 Å². The minimum Gasteiger partial charge on any atom is -0.394 e. The Balaban J connectivity index is 1.85. The first kappa shape index (κ1) is 26.3. The summed E-state index contributed by atoms with van der Waals surface area (Å²) >= 11 is 0. The van der Waals surface area contributed by atoms with E-state index in [1.807, 2.05) is 19.9 Å². The molecule has 0 bridgehead atoms. The summed E-state index contributed by atoms with van der Waals surface area (Å²) in [6, 6.07) is 7.33. The van der Waals surface area contributed by atoms with Crippen LogP contribution in [0.2, 0.25) is 0 Å². The van der Waals surface area contributed by atoms with E-state index < -0.39 is 23.0 Å². The number of nitrogens with zero attached hydrogens (tertiary/aromatic N) is 4. The van der Waals surface area contributed by atoms with Crippen LogP contribution in [0.1, 0.15) is 43.6 Å². The third-order valence-electron chi connectivity index (χ3n) is 5.12. The Hall–Kier alpha value is -3.32. The Morgan fingerprint density at radius 1 is 1.26 bits per heavy atom. The van der Waals surface area contributed by atoms with Gasteiger partial charge in [0.2, 0.25) is 0 Å². The van der Waals surface area contributed by atoms with Crippen molar-refractivity contribution < 1.29 is 13.9 Å². The Bertz CT molecular complexity index is 1270. The van der Waals surface area contributed by atoms with Crippen molar-refractivity contribution in [2.45, 2.75) is 50.8 Å². The molecule has 1 amide bonds. The topological polar surface area (TPSA) is 105 Å². The van der Waals surface area contributed by atoms with E-state index in [9.17, 15) is 9.18 Å². The van der Waals surface area contributed by atoms with Crippen molar-refractivity contribution in [3.63, 3.8) is 0 Å². The number of aromatic nitrogens is 3. The Morgan fingerprint density at radius 2 is 1.97 bits per heavy atom. The average molecular weight is 468 g/mol. The van der Waals surface area contributed by atoms with E-state index in [-0.39, 0.29) is 18.2 Å². The molecule has 1 unspecified atom stereocenters. The van der Waals surface area contributed by atoms with Gasteiger partial charge < -0.3 is 15.4 Å². The minimum atomic E-state index is -2.01. The molecule has 3 heterocycles. The molecule has 0 aromatic carbocycles. The zero-order valence-electron chi connectivity index (χ0n) is 20.0. The van der Waals surface area contributed by atoms with Crippen LogP contribution >= 0.6 is 0 Å². The molecule has 3 aromatic heterocycles. The maximum Gasteiger partial charge on any atom is 0.255 e. The quantitative estimate of drug-likeness (QED) is 0.467. The van der Waals surface area contributed by atoms with Gasteiger partial charge in [-0.3, -0.25) is 9.36 Å². The summed E-state index contributed by atoms with van der Waals surface area (Å²) in [6.07, 6.45) is 3.02. The highest BCUT2D eigenvalue weighted by Gasteiger charge is 2.34. The fourth-order valence-electron chi connectivity index (χ4n) is 3.50. The lowest BCUT2D eigenvalue weighted by atomic mass is 9.52. The first-order valence-electron chi connectivity index (χ1n) is 10.9. The van der Waals surface area contributed by atoms with Gasteiger partial charge in [-0.15, -0.1) is 0 Å². The molecular weight excluding hydrogens is 444 g/mol. The summed E-state index contributed by atoms with van der Waals surface area (Å²) in [5.41, 5.74) is 0.361. The molecule has 1 atom stereocenters. The number of hydrogen-bond acceptors (Lipinski definition) is 6. The lowest BCUT2D eigenvalue weighted by molar-refractivity contribution is -0.0753. The zero-order valence-corrected chi connectivity index (χ0v) is 20.0. The van der Waals surface area contributed by atoms with Gasteiger partial charge >= 0.3 is 0 Å². The van der Waals surface area contributed by atoms with E-state index in [0.717, 1.165) is 5.39 Å². The van der Waals surface area contributed by atoms with Gasteiger partial charge in [0.15, 0.2) is 0 Å². The summed E-state index contributed by atoms with van der Waals surface area (Å²) in [5, 5.41) is 13.6. The molecule has 0 spiro atoms. The number of nitriles is 1. The van der Waals surface area contributed by atoms with Gasteiger partial charge in [-0.25, -0.2) is 14.4 Å². The minimum absolute atomic E-state index is 0.00237. The zero-order chi connectivity index (χ0) is 26.0. The molecule has 6 radical (unpaired) electrons. The number of carbonyl (C=O) groups excluding carboxylic acids is 1. The van der Waals surface area contributed by atoms with Crippen molar-refractivity contribution in [1.29, 1.82) is 5.26 Å². The van der Waals surface area contributed by atoms with Crippen LogP contribution < -0.4 is 10.6 Å². The first-order chi connectivity index (χ1) is 16.3. The van der Waals surface area contributed by atoms with E-state index in [1.54, 1.807) is 22.9 Å². The smallest absolute Gasteiger partial charge is 0.255 e. The lowest BCUT2D eigenvalue weighted by Gasteiger charge is -2.37. The number of anilines is 1. The molecule has 0 saturated heterocycles. The summed E-state index contributed by atoms with van der Waals surface area (Å²) in [6.45, 7) is 6.35. The Morgan fingerprint density at radius 3 is 2.60 bits per heavy atom. The van der Waals surface area contributed by atoms with Crippen molar-refractivity contribution in [2.24, 2.45) is 0 Å². The normalized spacial score (nSPS) is 12.9. The standard InChI is InChI=1S/C23H24B3FN6O2/c1-13(2)32-17-8-19(33-6-5-15-7-14(9-28)10-30-20(15)33)29-11-16(17)21(34)31-12-18(27)22(3,4)35-23(24,25)26/h5-8,10-11,13,18H,12H2,1-4H3,(H,29,32)(H,31,34). The van der Waals surface area contributed by atoms with Gasteiger partial charge in [0.05, 0.1) is 52.5 Å². The monoisotopic (exact) mass is 468 g/mol. The van der Waals surface area contributed by atoms with Crippen LogP contribution in [0.15, 0.2) is 36.8 Å². The van der Waals surface area contributed by atoms with Gasteiger partial charge in [-0.1, -0.05) is 0 Å². The third kappa shape index (κ3) is 6.43. The fraction of sp³-hybridized carbons (Fsp3) is 0.391. The van der Waals surface area contributed by atoms with E-state index in [4.69, 9.17) is 33.5 Å². The number of hydrogen-bond donors (Lipinski definition) is 2. The molecule has 0 aliphatic carbocycles. The number of ether oxygens (including phenoxy) is 1. The van der Waals surface area contributed by atoms with E-state index in [0.29, 0.717) is 22.7 Å². The van der Waals surface area contributed by atoms with Crippen LogP contribution in [0.5, 0.6) is 0 Å². The number of halogens is 1. The van der Waals surface area contributed by atoms with Gasteiger partial charge in [-0.2, -0.15) is 5.26 Å². The van der Waals surface area contributed by atoms with Crippen molar-refractivity contribution >= 4 is 46.2 Å². The molecule has 0 fully saturated rings. The second-order valence-corrected chi connectivity index (χ2v) is 9.06. The van der Waals surface area contributed by atoms with Crippen LogP contribution in [0, 0.1) is 11.3 Å². The third-order valence-corrected chi connectivity index (χ3v) is 5.12. The molecule has 35 heavy (non-hydrogen) atoms. The van der Waals surface area contributed by atoms with Gasteiger partial charge in [0, 0.05) is 36.1 Å². The summed E-state index contributed by atoms with van der Waals surface area (Å²) in [4.78, 5) is 21.7. The van der Waals surface area contributed by atoms with Crippen molar-refractivity contribution in [1.82, 2.24) is 19.9 Å². The second kappa shape index (κ2) is 10.1. The predicted octanol–water partition coefficient (Wildman–Crippen LogP) is 2.09. The Labute approximate surface area is 207 Å². The van der Waals surface area contributed by atoms with E-state index in [2.05, 4.69) is 26.7 Å². The first-order valence-corrected chi connectivity index (χ1v) is 10.9. The molecule has 0 aliphatic heterocycles. The molecule has 12 heteroatoms. The molecule has 0 saturated carbocycles. The molecule has 8 nitrogen and oxygen atoms in total. The maximum atomic E-state index is 14.8. The number of carbonyl (C=O) groups is 1. The van der Waals surface area contributed by atoms with E-state index in [1.165, 1.54) is 26.2 Å². The number of alkyl halides is 1. The molecule has 174 valence electrons. The highest BCUT2D eigenvalue weighted by Crippen LogP contribution is 2.24. The molecule has 0 aliphatic rings. The molecular formula is C23H24B3FN6O2. The lowest BCUT2D eigenvalue weighted by Crippen LogP contribution is -2.51. The number of fused-ring (bicyclic) bond motifs is 1. The van der Waals surface area contributed by atoms with Gasteiger partial charge in [-0.05, 0) is 45.1 Å². The van der Waals surface area contributed by atoms with Crippen LogP contribution in [0.3, 0.4) is 0 Å². The SMILES string of the molecule is [B]C([B])([B])OC(C)(C)C(F)CNC(=O)c1cnc(-n2ccc3cc(C#N)cnc32)cc1NC(C)C. The Kier molecular flexibility index (Phi) is 7.60. The second-order valence-electron chi connectivity index (χ2n) is 9.06. The average Bonchev–Trinajstić information content (AvgIpc) is 3.18. The highest BCUT2D eigenvalue weighted by molar-refractivity contribution is 6.58. The number of nitrogens with one attached hydrogen (secondary N) is 2. The summed E-state index contributed by atoms with van der Waals surface area (Å²) < 4.78 is 21.7. The maximum absolute atomic E-state index is 14.8. The molecule has 3 rings (SSSR count). The van der Waals surface area contributed by atoms with Crippen molar-refractivity contribution in [3.05, 3.63) is 47.9 Å². The van der Waals surface area contributed by atoms with E-state index >= 15 is 0 Å². The van der Waals surface area contributed by atoms with Crippen LogP contribution in [0.4, 0.5) is 10.1 Å². The molecule has 2 N–H and O–H groups in total.